The Hall–Kier alpha value is -3.83. The van der Waals surface area contributed by atoms with Gasteiger partial charge in [0.25, 0.3) is 0 Å². The first kappa shape index (κ1) is 60.7. The van der Waals surface area contributed by atoms with Gasteiger partial charge >= 0.3 is 18.3 Å². The monoisotopic (exact) mass is 1000 g/mol. The molecule has 408 valence electrons. The van der Waals surface area contributed by atoms with Crippen LogP contribution in [-0.2, 0) is 31.8 Å². The minimum Gasteiger partial charge on any atom is -0.447 e. The van der Waals surface area contributed by atoms with Gasteiger partial charge in [0.15, 0.2) is 0 Å². The van der Waals surface area contributed by atoms with Crippen molar-refractivity contribution in [2.75, 3.05) is 26.3 Å². The Labute approximate surface area is 437 Å². The Balaban J connectivity index is 0.897. The number of carbonyl (C=O) groups is 3. The second kappa shape index (κ2) is 40.5. The van der Waals surface area contributed by atoms with Gasteiger partial charge < -0.3 is 39.1 Å². The molecule has 4 unspecified atom stereocenters. The normalized spacial score (nSPS) is 17.1. The maximum Gasteiger partial charge on any atom is 0.519 e. The van der Waals surface area contributed by atoms with E-state index < -0.39 is 6.16 Å². The number of unbranched alkanes of at least 4 members (excludes halogenated alkanes) is 30. The molecular formula is C61H100N2O9. The molecule has 2 saturated heterocycles. The summed E-state index contributed by atoms with van der Waals surface area (Å²) in [5.41, 5.74) is 2.12. The van der Waals surface area contributed by atoms with Gasteiger partial charge in [-0.2, -0.15) is 0 Å². The zero-order valence-electron chi connectivity index (χ0n) is 45.4. The van der Waals surface area contributed by atoms with Crippen LogP contribution in [0.2, 0.25) is 0 Å². The maximum atomic E-state index is 12.5. The molecule has 11 heteroatoms. The van der Waals surface area contributed by atoms with E-state index in [2.05, 4.69) is 24.5 Å². The topological polar surface area (TPSA) is 131 Å². The molecule has 2 fully saturated rings. The van der Waals surface area contributed by atoms with Crippen molar-refractivity contribution in [1.29, 1.82) is 0 Å². The van der Waals surface area contributed by atoms with E-state index in [-0.39, 0.29) is 49.8 Å². The molecule has 0 spiro atoms. The van der Waals surface area contributed by atoms with Crippen molar-refractivity contribution in [3.8, 4) is 11.5 Å². The summed E-state index contributed by atoms with van der Waals surface area (Å²) in [4.78, 5) is 36.9. The zero-order valence-corrected chi connectivity index (χ0v) is 45.4. The third-order valence-electron chi connectivity index (χ3n) is 14.4. The van der Waals surface area contributed by atoms with Crippen LogP contribution in [0.5, 0.6) is 11.5 Å². The number of nitrogens with one attached hydrogen (secondary N) is 2. The number of rotatable bonds is 44. The fraction of sp³-hybridized carbons (Fsp3) is 0.754. The summed E-state index contributed by atoms with van der Waals surface area (Å²) in [6.07, 6.45) is 44.0. The van der Waals surface area contributed by atoms with E-state index in [0.29, 0.717) is 24.6 Å². The number of hydrogen-bond acceptors (Lipinski definition) is 9. The lowest BCUT2D eigenvalue weighted by Gasteiger charge is -2.35. The molecule has 2 N–H and O–H groups in total. The first-order valence-electron chi connectivity index (χ1n) is 29.6. The molecular weight excluding hydrogens is 905 g/mol. The van der Waals surface area contributed by atoms with Crippen LogP contribution in [0.25, 0.3) is 0 Å². The van der Waals surface area contributed by atoms with Crippen molar-refractivity contribution in [3.63, 3.8) is 0 Å². The van der Waals surface area contributed by atoms with Gasteiger partial charge in [-0.15, -0.1) is 0 Å². The molecule has 2 aliphatic heterocycles. The summed E-state index contributed by atoms with van der Waals surface area (Å²) in [6, 6.07) is 14.6. The summed E-state index contributed by atoms with van der Waals surface area (Å²) in [5.74, 6) is 0.778. The lowest BCUT2D eigenvalue weighted by Crippen LogP contribution is -2.43. The molecule has 2 aliphatic rings. The highest BCUT2D eigenvalue weighted by Crippen LogP contribution is 2.27. The van der Waals surface area contributed by atoms with Crippen LogP contribution in [0, 0.1) is 0 Å². The SMILES string of the molecule is CCCCCCCCCCCCCCCCCCNC(=O)OCC1CC(Cc2ccc(OC(=O)Oc3ccc(CC4CC(COC(=O)NCCCCCCCCCCCCCCCCCC)O4)cc3)cc2)O1. The number of alkyl carbamates (subject to hydrolysis) is 2. The Bertz CT molecular complexity index is 1520. The Kier molecular flexibility index (Phi) is 34.2. The van der Waals surface area contributed by atoms with Gasteiger partial charge in [0, 0.05) is 25.9 Å². The average Bonchev–Trinajstić information content (AvgIpc) is 3.35. The fourth-order valence-corrected chi connectivity index (χ4v) is 9.88. The number of amides is 2. The Morgan fingerprint density at radius 3 is 0.944 bits per heavy atom. The summed E-state index contributed by atoms with van der Waals surface area (Å²) >= 11 is 0. The lowest BCUT2D eigenvalue weighted by atomic mass is 9.98. The van der Waals surface area contributed by atoms with E-state index in [1.807, 2.05) is 24.3 Å². The second-order valence-corrected chi connectivity index (χ2v) is 21.0. The Morgan fingerprint density at radius 2 is 0.667 bits per heavy atom. The minimum absolute atomic E-state index is 0.0547. The smallest absolute Gasteiger partial charge is 0.447 e. The molecule has 72 heavy (non-hydrogen) atoms. The van der Waals surface area contributed by atoms with Gasteiger partial charge in [-0.1, -0.05) is 231 Å². The quantitative estimate of drug-likeness (QED) is 0.0378. The van der Waals surface area contributed by atoms with Crippen molar-refractivity contribution in [1.82, 2.24) is 10.6 Å². The van der Waals surface area contributed by atoms with E-state index in [4.69, 9.17) is 28.4 Å². The van der Waals surface area contributed by atoms with Crippen LogP contribution in [0.1, 0.15) is 243 Å². The predicted octanol–water partition coefficient (Wildman–Crippen LogP) is 16.6. The van der Waals surface area contributed by atoms with Crippen LogP contribution >= 0.6 is 0 Å². The molecule has 0 bridgehead atoms. The summed E-state index contributed by atoms with van der Waals surface area (Å²) in [7, 11) is 0. The van der Waals surface area contributed by atoms with Crippen LogP contribution < -0.4 is 20.1 Å². The largest absolute Gasteiger partial charge is 0.519 e. The first-order valence-corrected chi connectivity index (χ1v) is 29.6. The van der Waals surface area contributed by atoms with Gasteiger partial charge in [-0.3, -0.25) is 0 Å². The second-order valence-electron chi connectivity index (χ2n) is 21.0. The molecule has 0 saturated carbocycles. The average molecular weight is 1010 g/mol. The van der Waals surface area contributed by atoms with Gasteiger partial charge in [0.1, 0.15) is 24.7 Å². The van der Waals surface area contributed by atoms with Crippen LogP contribution in [0.4, 0.5) is 14.4 Å². The van der Waals surface area contributed by atoms with E-state index in [1.165, 1.54) is 180 Å². The van der Waals surface area contributed by atoms with E-state index in [9.17, 15) is 14.4 Å². The molecule has 2 aromatic carbocycles. The summed E-state index contributed by atoms with van der Waals surface area (Å²) < 4.78 is 33.5. The molecule has 11 nitrogen and oxygen atoms in total. The standard InChI is InChI=1S/C61H100N2O9/c1-3-5-7-9-11-13-15-17-19-21-23-25-27-29-31-33-43-62-59(64)67-49-57-47-55(69-57)45-51-35-39-53(40-36-51)71-61(66)72-54-41-37-52(38-42-54)46-56-48-58(70-56)50-68-60(65)63-44-34-32-30-28-26-24-22-20-18-16-14-12-10-8-6-4-2/h35-42,55-58H,3-34,43-50H2,1-2H3,(H,62,64)(H,63,65). The fourth-order valence-electron chi connectivity index (χ4n) is 9.88. The molecule has 0 aliphatic carbocycles. The zero-order chi connectivity index (χ0) is 50.9. The third-order valence-corrected chi connectivity index (χ3v) is 14.4. The third kappa shape index (κ3) is 30.4. The maximum absolute atomic E-state index is 12.5. The van der Waals surface area contributed by atoms with Gasteiger partial charge in [0.05, 0.1) is 24.4 Å². The number of benzene rings is 2. The molecule has 0 aromatic heterocycles. The van der Waals surface area contributed by atoms with Gasteiger partial charge in [0.2, 0.25) is 0 Å². The highest BCUT2D eigenvalue weighted by molar-refractivity contribution is 5.68. The summed E-state index contributed by atoms with van der Waals surface area (Å²) in [5, 5.41) is 5.75. The highest BCUT2D eigenvalue weighted by atomic mass is 16.7. The van der Waals surface area contributed by atoms with Gasteiger partial charge in [-0.05, 0) is 61.1 Å². The molecule has 2 amide bonds. The van der Waals surface area contributed by atoms with Crippen molar-refractivity contribution >= 4 is 18.3 Å². The highest BCUT2D eigenvalue weighted by Gasteiger charge is 2.32. The van der Waals surface area contributed by atoms with Crippen molar-refractivity contribution in [2.45, 2.75) is 269 Å². The molecule has 2 aromatic rings. The van der Waals surface area contributed by atoms with E-state index in [0.717, 1.165) is 62.5 Å². The predicted molar refractivity (Wildman–Crippen MR) is 291 cm³/mol. The molecule has 0 radical (unpaired) electrons. The van der Waals surface area contributed by atoms with Crippen molar-refractivity contribution < 1.29 is 42.8 Å². The summed E-state index contributed by atoms with van der Waals surface area (Å²) in [6.45, 7) is 6.36. The van der Waals surface area contributed by atoms with Crippen LogP contribution in [-0.4, -0.2) is 69.1 Å². The molecule has 2 heterocycles. The van der Waals surface area contributed by atoms with Crippen LogP contribution in [0.15, 0.2) is 48.5 Å². The lowest BCUT2D eigenvalue weighted by molar-refractivity contribution is -0.141. The number of ether oxygens (including phenoxy) is 6. The van der Waals surface area contributed by atoms with E-state index in [1.54, 1.807) is 24.3 Å². The number of hydrogen-bond donors (Lipinski definition) is 2. The minimum atomic E-state index is -0.811. The first-order chi connectivity index (χ1) is 35.4. The molecule has 4 rings (SSSR count). The van der Waals surface area contributed by atoms with E-state index >= 15 is 0 Å². The van der Waals surface area contributed by atoms with Crippen molar-refractivity contribution in [2.24, 2.45) is 0 Å². The van der Waals surface area contributed by atoms with Crippen LogP contribution in [0.3, 0.4) is 0 Å². The van der Waals surface area contributed by atoms with Crippen molar-refractivity contribution in [3.05, 3.63) is 59.7 Å². The number of carbonyl (C=O) groups excluding carboxylic acids is 3. The van der Waals surface area contributed by atoms with Gasteiger partial charge in [-0.25, -0.2) is 14.4 Å². The Morgan fingerprint density at radius 1 is 0.403 bits per heavy atom. The molecule has 4 atom stereocenters.